The van der Waals surface area contributed by atoms with Crippen LogP contribution in [0.5, 0.6) is 0 Å². The number of hydrogen-bond acceptors (Lipinski definition) is 7. The smallest absolute Gasteiger partial charge is 0.412 e. The highest BCUT2D eigenvalue weighted by Gasteiger charge is 2.44. The molecule has 2 aromatic rings. The van der Waals surface area contributed by atoms with E-state index in [2.05, 4.69) is 15.0 Å². The number of anilines is 1. The summed E-state index contributed by atoms with van der Waals surface area (Å²) in [5.74, 6) is -0.0156. The van der Waals surface area contributed by atoms with Crippen LogP contribution in [0.15, 0.2) is 30.7 Å². The molecule has 28 heavy (non-hydrogen) atoms. The number of ether oxygens (including phenoxy) is 1. The van der Waals surface area contributed by atoms with E-state index in [4.69, 9.17) is 4.74 Å². The number of hydrogen-bond donors (Lipinski definition) is 0. The van der Waals surface area contributed by atoms with Crippen molar-refractivity contribution < 1.29 is 14.3 Å². The van der Waals surface area contributed by atoms with Gasteiger partial charge in [-0.05, 0) is 39.6 Å². The van der Waals surface area contributed by atoms with Crippen molar-refractivity contribution in [2.75, 3.05) is 38.6 Å². The first-order valence-corrected chi connectivity index (χ1v) is 9.09. The van der Waals surface area contributed by atoms with Crippen LogP contribution in [0.3, 0.4) is 0 Å². The first-order valence-electron chi connectivity index (χ1n) is 9.09. The Balaban J connectivity index is 1.89. The van der Waals surface area contributed by atoms with E-state index in [9.17, 15) is 9.59 Å². The number of fused-ring (bicyclic) bond motifs is 1. The summed E-state index contributed by atoms with van der Waals surface area (Å²) in [4.78, 5) is 43.2. The van der Waals surface area contributed by atoms with Crippen molar-refractivity contribution in [3.05, 3.63) is 47.7 Å². The molecule has 0 unspecified atom stereocenters. The molecule has 1 atom stereocenters. The summed E-state index contributed by atoms with van der Waals surface area (Å²) in [7, 11) is 3.87. The SMILES string of the molecule is CCN(CCN(C)C)C(=O)O[C@@H]1c2nccnc2C(=O)N1c1ccc(C)cn1. The Kier molecular flexibility index (Phi) is 5.84. The van der Waals surface area contributed by atoms with Crippen LogP contribution in [0.25, 0.3) is 0 Å². The van der Waals surface area contributed by atoms with Crippen LogP contribution < -0.4 is 4.90 Å². The first kappa shape index (κ1) is 19.7. The highest BCUT2D eigenvalue weighted by Crippen LogP contribution is 2.35. The minimum Gasteiger partial charge on any atom is -0.419 e. The summed E-state index contributed by atoms with van der Waals surface area (Å²) in [5.41, 5.74) is 1.43. The first-order chi connectivity index (χ1) is 13.4. The number of carbonyl (C=O) groups is 2. The largest absolute Gasteiger partial charge is 0.419 e. The van der Waals surface area contributed by atoms with Crippen molar-refractivity contribution in [3.63, 3.8) is 0 Å². The zero-order chi connectivity index (χ0) is 20.3. The Bertz CT molecular complexity index is 855. The minimum absolute atomic E-state index is 0.166. The molecule has 0 fully saturated rings. The van der Waals surface area contributed by atoms with Crippen molar-refractivity contribution in [2.45, 2.75) is 20.1 Å². The fraction of sp³-hybridized carbons (Fsp3) is 0.421. The van der Waals surface area contributed by atoms with E-state index in [1.165, 1.54) is 17.3 Å². The second kappa shape index (κ2) is 8.30. The summed E-state index contributed by atoms with van der Waals surface area (Å²) in [5, 5.41) is 0. The number of carbonyl (C=O) groups excluding carboxylic acids is 2. The third kappa shape index (κ3) is 3.94. The summed E-state index contributed by atoms with van der Waals surface area (Å²) < 4.78 is 5.72. The number of likely N-dealkylation sites (N-methyl/N-ethyl adjacent to an activating group) is 2. The molecule has 0 radical (unpaired) electrons. The van der Waals surface area contributed by atoms with E-state index >= 15 is 0 Å². The van der Waals surface area contributed by atoms with Crippen molar-refractivity contribution in [3.8, 4) is 0 Å². The molecular weight excluding hydrogens is 360 g/mol. The van der Waals surface area contributed by atoms with Crippen molar-refractivity contribution in [2.24, 2.45) is 0 Å². The van der Waals surface area contributed by atoms with E-state index in [1.54, 1.807) is 17.2 Å². The average molecular weight is 384 g/mol. The quantitative estimate of drug-likeness (QED) is 0.750. The molecule has 2 aromatic heterocycles. The number of pyridine rings is 1. The van der Waals surface area contributed by atoms with Gasteiger partial charge in [0.1, 0.15) is 11.5 Å². The average Bonchev–Trinajstić information content (AvgIpc) is 2.95. The number of rotatable bonds is 6. The van der Waals surface area contributed by atoms with E-state index in [0.717, 1.165) is 5.56 Å². The standard InChI is InChI=1S/C19H24N6O3/c1-5-24(11-10-23(3)4)19(27)28-18-16-15(20-8-9-21-16)17(26)25(18)14-7-6-13(2)12-22-14/h6-9,12,18H,5,10-11H2,1-4H3/t18-/m1/s1. The van der Waals surface area contributed by atoms with Gasteiger partial charge in [0.05, 0.1) is 0 Å². The molecule has 0 spiro atoms. The number of nitrogens with zero attached hydrogens (tertiary/aromatic N) is 6. The molecule has 1 aliphatic rings. The molecule has 0 aliphatic carbocycles. The van der Waals surface area contributed by atoms with E-state index in [0.29, 0.717) is 31.1 Å². The highest BCUT2D eigenvalue weighted by atomic mass is 16.6. The Morgan fingerprint density at radius 3 is 2.57 bits per heavy atom. The zero-order valence-electron chi connectivity index (χ0n) is 16.5. The van der Waals surface area contributed by atoms with Gasteiger partial charge < -0.3 is 14.5 Å². The van der Waals surface area contributed by atoms with Gasteiger partial charge in [-0.1, -0.05) is 6.07 Å². The van der Waals surface area contributed by atoms with Crippen LogP contribution in [0.1, 0.15) is 34.9 Å². The molecule has 148 valence electrons. The second-order valence-corrected chi connectivity index (χ2v) is 6.78. The van der Waals surface area contributed by atoms with Crippen molar-refractivity contribution >= 4 is 17.8 Å². The fourth-order valence-electron chi connectivity index (χ4n) is 2.84. The molecule has 1 aliphatic heterocycles. The molecular formula is C19H24N6O3. The molecule has 9 heteroatoms. The van der Waals surface area contributed by atoms with Crippen LogP contribution in [0, 0.1) is 6.92 Å². The van der Waals surface area contributed by atoms with E-state index in [1.807, 2.05) is 38.9 Å². The lowest BCUT2D eigenvalue weighted by atomic mass is 10.3. The van der Waals surface area contributed by atoms with Crippen LogP contribution >= 0.6 is 0 Å². The molecule has 0 aromatic carbocycles. The Hall–Kier alpha value is -3.07. The lowest BCUT2D eigenvalue weighted by molar-refractivity contribution is 0.0590. The van der Waals surface area contributed by atoms with Gasteiger partial charge in [-0.2, -0.15) is 0 Å². The molecule has 3 heterocycles. The van der Waals surface area contributed by atoms with E-state index in [-0.39, 0.29) is 5.69 Å². The fourth-order valence-corrected chi connectivity index (χ4v) is 2.84. The van der Waals surface area contributed by atoms with Gasteiger partial charge in [-0.15, -0.1) is 0 Å². The Morgan fingerprint density at radius 2 is 1.93 bits per heavy atom. The Labute approximate surface area is 164 Å². The van der Waals surface area contributed by atoms with Crippen molar-refractivity contribution in [1.82, 2.24) is 24.8 Å². The van der Waals surface area contributed by atoms with Gasteiger partial charge in [0.2, 0.25) is 6.23 Å². The topological polar surface area (TPSA) is 91.8 Å². The molecule has 3 rings (SSSR count). The number of aryl methyl sites for hydroxylation is 1. The van der Waals surface area contributed by atoms with Crippen LogP contribution in [-0.4, -0.2) is 70.5 Å². The Morgan fingerprint density at radius 1 is 1.18 bits per heavy atom. The monoisotopic (exact) mass is 384 g/mol. The maximum Gasteiger partial charge on any atom is 0.412 e. The lowest BCUT2D eigenvalue weighted by Gasteiger charge is -2.27. The third-order valence-electron chi connectivity index (χ3n) is 4.43. The summed E-state index contributed by atoms with van der Waals surface area (Å²) in [6.45, 7) is 5.49. The molecule has 9 nitrogen and oxygen atoms in total. The van der Waals surface area contributed by atoms with Crippen LogP contribution in [0.4, 0.5) is 10.6 Å². The zero-order valence-corrected chi connectivity index (χ0v) is 16.5. The van der Waals surface area contributed by atoms with Crippen molar-refractivity contribution in [1.29, 1.82) is 0 Å². The van der Waals surface area contributed by atoms with Gasteiger partial charge in [-0.25, -0.2) is 19.7 Å². The summed E-state index contributed by atoms with van der Waals surface area (Å²) in [6.07, 6.45) is 3.05. The summed E-state index contributed by atoms with van der Waals surface area (Å²) >= 11 is 0. The second-order valence-electron chi connectivity index (χ2n) is 6.78. The van der Waals surface area contributed by atoms with Gasteiger partial charge in [0, 0.05) is 38.2 Å². The third-order valence-corrected chi connectivity index (χ3v) is 4.43. The van der Waals surface area contributed by atoms with Gasteiger partial charge in [0.15, 0.2) is 5.69 Å². The van der Waals surface area contributed by atoms with E-state index < -0.39 is 18.2 Å². The predicted molar refractivity (Wildman–Crippen MR) is 103 cm³/mol. The number of amides is 2. The molecule has 0 N–H and O–H groups in total. The maximum atomic E-state index is 12.9. The molecule has 0 saturated carbocycles. The van der Waals surface area contributed by atoms with Gasteiger partial charge in [-0.3, -0.25) is 9.78 Å². The van der Waals surface area contributed by atoms with Gasteiger partial charge in [0.25, 0.3) is 5.91 Å². The molecule has 0 saturated heterocycles. The highest BCUT2D eigenvalue weighted by molar-refractivity contribution is 6.08. The lowest BCUT2D eigenvalue weighted by Crippen LogP contribution is -2.40. The predicted octanol–water partition coefficient (Wildman–Crippen LogP) is 1.86. The van der Waals surface area contributed by atoms with Crippen LogP contribution in [0.2, 0.25) is 0 Å². The molecule has 0 bridgehead atoms. The molecule has 2 amide bonds. The number of aromatic nitrogens is 3. The van der Waals surface area contributed by atoms with Crippen LogP contribution in [-0.2, 0) is 4.74 Å². The maximum absolute atomic E-state index is 12.9. The minimum atomic E-state index is -1.01. The van der Waals surface area contributed by atoms with Gasteiger partial charge >= 0.3 is 6.09 Å². The normalized spacial score (nSPS) is 15.7. The summed E-state index contributed by atoms with van der Waals surface area (Å²) in [6, 6.07) is 3.55.